The van der Waals surface area contributed by atoms with Gasteiger partial charge in [0.1, 0.15) is 5.69 Å². The molecule has 1 N–H and O–H groups in total. The van der Waals surface area contributed by atoms with Crippen LogP contribution in [-0.2, 0) is 23.9 Å². The fourth-order valence-corrected chi connectivity index (χ4v) is 5.22. The molecule has 0 bridgehead atoms. The Kier molecular flexibility index (Phi) is 9.30. The largest absolute Gasteiger partial charge is 0.433 e. The number of carbonyl (C=O) groups excluding carboxylic acids is 1. The van der Waals surface area contributed by atoms with E-state index in [9.17, 15) is 18.0 Å². The molecule has 2 aromatic carbocycles. The molecule has 0 saturated carbocycles. The van der Waals surface area contributed by atoms with Gasteiger partial charge < -0.3 is 9.47 Å². The molecule has 2 aromatic heterocycles. The minimum atomic E-state index is -4.49. The van der Waals surface area contributed by atoms with Gasteiger partial charge in [0.2, 0.25) is 5.91 Å². The number of halogens is 3. The first-order valence-corrected chi connectivity index (χ1v) is 13.5. The van der Waals surface area contributed by atoms with E-state index in [0.717, 1.165) is 55.5 Å². The number of alkyl halides is 3. The summed E-state index contributed by atoms with van der Waals surface area (Å²) in [5.74, 6) is 0.660. The van der Waals surface area contributed by atoms with E-state index in [1.807, 2.05) is 42.2 Å². The molecule has 1 aliphatic heterocycles. The SMILES string of the molecule is C=CC=C.Cc1cc2cc(-c3cn[nH]c3C(F)(F)F)ccc2n1CC1CCN(C(=O)CCc2ccccc2)CC1. The van der Waals surface area contributed by atoms with Crippen LogP contribution in [0.3, 0.4) is 0 Å². The standard InChI is InChI=1S/C28H29F3N4O.C4H6/c1-19-15-23-16-22(24-17-32-33-27(24)28(29,30)31)8-9-25(23)35(19)18-21-11-13-34(14-12-21)26(36)10-7-20-5-3-2-4-6-20;1-3-4-2/h2-6,8-9,15-17,21H,7,10-14,18H2,1H3,(H,32,33);3-4H,1-2H2. The number of nitrogens with one attached hydrogen (secondary N) is 1. The highest BCUT2D eigenvalue weighted by atomic mass is 19.4. The molecule has 5 nitrogen and oxygen atoms in total. The van der Waals surface area contributed by atoms with Crippen LogP contribution in [0, 0.1) is 12.8 Å². The first-order valence-electron chi connectivity index (χ1n) is 13.5. The second kappa shape index (κ2) is 12.9. The summed E-state index contributed by atoms with van der Waals surface area (Å²) < 4.78 is 42.2. The van der Waals surface area contributed by atoms with Crippen LogP contribution in [0.2, 0.25) is 0 Å². The number of fused-ring (bicyclic) bond motifs is 1. The van der Waals surface area contributed by atoms with Crippen LogP contribution in [0.25, 0.3) is 22.0 Å². The topological polar surface area (TPSA) is 53.9 Å². The van der Waals surface area contributed by atoms with Crippen molar-refractivity contribution in [1.29, 1.82) is 0 Å². The Morgan fingerprint density at radius 3 is 2.42 bits per heavy atom. The van der Waals surface area contributed by atoms with Crippen molar-refractivity contribution in [3.8, 4) is 11.1 Å². The molecule has 1 amide bonds. The Labute approximate surface area is 233 Å². The summed E-state index contributed by atoms with van der Waals surface area (Å²) in [5, 5.41) is 6.60. The highest BCUT2D eigenvalue weighted by molar-refractivity contribution is 5.87. The third-order valence-electron chi connectivity index (χ3n) is 7.39. The van der Waals surface area contributed by atoms with Crippen LogP contribution in [0.5, 0.6) is 0 Å². The number of carbonyl (C=O) groups is 1. The number of benzene rings is 2. The van der Waals surface area contributed by atoms with Crippen LogP contribution >= 0.6 is 0 Å². The Balaban J connectivity index is 0.000000867. The van der Waals surface area contributed by atoms with E-state index in [0.29, 0.717) is 17.9 Å². The lowest BCUT2D eigenvalue weighted by molar-refractivity contribution is -0.140. The summed E-state index contributed by atoms with van der Waals surface area (Å²) in [6, 6.07) is 17.5. The lowest BCUT2D eigenvalue weighted by atomic mass is 9.96. The molecule has 0 spiro atoms. The second-order valence-electron chi connectivity index (χ2n) is 10.1. The molecule has 4 aromatic rings. The molecule has 210 valence electrons. The molecule has 5 rings (SSSR count). The van der Waals surface area contributed by atoms with Gasteiger partial charge in [-0.3, -0.25) is 9.89 Å². The van der Waals surface area contributed by atoms with E-state index in [4.69, 9.17) is 0 Å². The number of H-pyrrole nitrogens is 1. The predicted molar refractivity (Wildman–Crippen MR) is 154 cm³/mol. The number of allylic oxidation sites excluding steroid dienone is 2. The average Bonchev–Trinajstić information content (AvgIpc) is 3.58. The number of hydrogen-bond donors (Lipinski definition) is 1. The monoisotopic (exact) mass is 548 g/mol. The minimum Gasteiger partial charge on any atom is -0.345 e. The lowest BCUT2D eigenvalue weighted by Gasteiger charge is -2.32. The third-order valence-corrected chi connectivity index (χ3v) is 7.39. The van der Waals surface area contributed by atoms with Gasteiger partial charge in [-0.05, 0) is 61.4 Å². The molecule has 1 fully saturated rings. The van der Waals surface area contributed by atoms with E-state index in [2.05, 4.69) is 40.1 Å². The fourth-order valence-electron chi connectivity index (χ4n) is 5.22. The normalized spacial score (nSPS) is 14.1. The average molecular weight is 549 g/mol. The number of piperidine rings is 1. The zero-order valence-corrected chi connectivity index (χ0v) is 22.8. The number of likely N-dealkylation sites (tertiary alicyclic amines) is 1. The highest BCUT2D eigenvalue weighted by Gasteiger charge is 2.36. The maximum absolute atomic E-state index is 13.3. The van der Waals surface area contributed by atoms with Gasteiger partial charge >= 0.3 is 6.18 Å². The van der Waals surface area contributed by atoms with Crippen LogP contribution in [0.4, 0.5) is 13.2 Å². The van der Waals surface area contributed by atoms with Crippen LogP contribution in [0.15, 0.2) is 86.1 Å². The quantitative estimate of drug-likeness (QED) is 0.242. The fraction of sp³-hybridized carbons (Fsp3) is 0.312. The summed E-state index contributed by atoms with van der Waals surface area (Å²) in [6.45, 7) is 11.1. The first-order chi connectivity index (χ1) is 19.2. The zero-order valence-electron chi connectivity index (χ0n) is 22.8. The summed E-state index contributed by atoms with van der Waals surface area (Å²) in [4.78, 5) is 14.7. The minimum absolute atomic E-state index is 0.0547. The Morgan fingerprint density at radius 2 is 1.77 bits per heavy atom. The zero-order chi connectivity index (χ0) is 28.7. The van der Waals surface area contributed by atoms with Crippen molar-refractivity contribution in [2.24, 2.45) is 5.92 Å². The highest BCUT2D eigenvalue weighted by Crippen LogP contribution is 2.37. The Morgan fingerprint density at radius 1 is 1.07 bits per heavy atom. The predicted octanol–water partition coefficient (Wildman–Crippen LogP) is 7.59. The number of aromatic amines is 1. The van der Waals surface area contributed by atoms with E-state index >= 15 is 0 Å². The molecule has 1 aliphatic rings. The number of nitrogens with zero attached hydrogens (tertiary/aromatic N) is 3. The van der Waals surface area contributed by atoms with Crippen molar-refractivity contribution in [3.05, 3.63) is 103 Å². The van der Waals surface area contributed by atoms with Crippen molar-refractivity contribution in [1.82, 2.24) is 19.7 Å². The summed E-state index contributed by atoms with van der Waals surface area (Å²) >= 11 is 0. The first kappa shape index (κ1) is 28.9. The number of aryl methyl sites for hydroxylation is 2. The number of hydrogen-bond acceptors (Lipinski definition) is 2. The van der Waals surface area contributed by atoms with E-state index in [1.165, 1.54) is 11.8 Å². The summed E-state index contributed by atoms with van der Waals surface area (Å²) in [6.07, 6.45) is 3.20. The molecule has 0 unspecified atom stereocenters. The number of amides is 1. The van der Waals surface area contributed by atoms with Gasteiger partial charge in [0.25, 0.3) is 0 Å². The van der Waals surface area contributed by atoms with Crippen molar-refractivity contribution in [2.75, 3.05) is 13.1 Å². The van der Waals surface area contributed by atoms with Crippen molar-refractivity contribution in [2.45, 2.75) is 45.3 Å². The third kappa shape index (κ3) is 6.92. The molecule has 40 heavy (non-hydrogen) atoms. The number of rotatable bonds is 7. The van der Waals surface area contributed by atoms with Gasteiger partial charge in [0, 0.05) is 48.2 Å². The lowest BCUT2D eigenvalue weighted by Crippen LogP contribution is -2.39. The van der Waals surface area contributed by atoms with Gasteiger partial charge in [0.15, 0.2) is 0 Å². The number of aromatic nitrogens is 3. The Hall–Kier alpha value is -4.07. The van der Waals surface area contributed by atoms with Gasteiger partial charge in [0.05, 0.1) is 6.20 Å². The summed E-state index contributed by atoms with van der Waals surface area (Å²) in [7, 11) is 0. The van der Waals surface area contributed by atoms with Crippen LogP contribution in [-0.4, -0.2) is 38.7 Å². The molecular formula is C32H35F3N4O. The van der Waals surface area contributed by atoms with Gasteiger partial charge in [-0.1, -0.05) is 61.7 Å². The van der Waals surface area contributed by atoms with E-state index < -0.39 is 11.9 Å². The maximum atomic E-state index is 13.3. The van der Waals surface area contributed by atoms with Crippen LogP contribution in [0.1, 0.15) is 36.2 Å². The molecule has 8 heteroatoms. The Bertz CT molecular complexity index is 1440. The maximum Gasteiger partial charge on any atom is 0.433 e. The van der Waals surface area contributed by atoms with Crippen molar-refractivity contribution >= 4 is 16.8 Å². The molecule has 0 atom stereocenters. The molecule has 3 heterocycles. The van der Waals surface area contributed by atoms with Gasteiger partial charge in [-0.15, -0.1) is 0 Å². The molecular weight excluding hydrogens is 513 g/mol. The second-order valence-corrected chi connectivity index (χ2v) is 10.1. The summed E-state index contributed by atoms with van der Waals surface area (Å²) in [5.41, 5.74) is 2.98. The van der Waals surface area contributed by atoms with Crippen LogP contribution < -0.4 is 0 Å². The van der Waals surface area contributed by atoms with Crippen molar-refractivity contribution in [3.63, 3.8) is 0 Å². The smallest absolute Gasteiger partial charge is 0.345 e. The molecule has 0 aliphatic carbocycles. The van der Waals surface area contributed by atoms with Crippen molar-refractivity contribution < 1.29 is 18.0 Å². The van der Waals surface area contributed by atoms with E-state index in [-0.39, 0.29) is 11.5 Å². The molecule has 1 saturated heterocycles. The van der Waals surface area contributed by atoms with E-state index in [1.54, 1.807) is 24.3 Å². The van der Waals surface area contributed by atoms with Gasteiger partial charge in [-0.2, -0.15) is 18.3 Å². The van der Waals surface area contributed by atoms with Gasteiger partial charge in [-0.25, -0.2) is 0 Å². The molecule has 0 radical (unpaired) electrons.